The first-order valence-electron chi connectivity index (χ1n) is 9.71. The Balaban J connectivity index is 1.65. The third kappa shape index (κ3) is 3.78. The minimum Gasteiger partial charge on any atom is -0.497 e. The van der Waals surface area contributed by atoms with Gasteiger partial charge in [-0.2, -0.15) is 4.31 Å². The number of ketones is 1. The number of aromatic nitrogens is 1. The predicted molar refractivity (Wildman–Crippen MR) is 110 cm³/mol. The van der Waals surface area contributed by atoms with Crippen LogP contribution in [0, 0.1) is 0 Å². The van der Waals surface area contributed by atoms with Crippen LogP contribution < -0.4 is 10.5 Å². The second-order valence-electron chi connectivity index (χ2n) is 7.20. The molecule has 0 spiro atoms. The van der Waals surface area contributed by atoms with E-state index in [0.717, 1.165) is 19.3 Å². The number of ether oxygens (including phenoxy) is 1. The van der Waals surface area contributed by atoms with Gasteiger partial charge in [-0.25, -0.2) is 13.2 Å². The van der Waals surface area contributed by atoms with Crippen LogP contribution in [0.1, 0.15) is 29.6 Å². The predicted octanol–water partition coefficient (Wildman–Crippen LogP) is 2.66. The van der Waals surface area contributed by atoms with Crippen molar-refractivity contribution in [3.63, 3.8) is 0 Å². The second kappa shape index (κ2) is 8.08. The molecule has 1 aromatic heterocycles. The molecule has 3 aromatic rings. The Labute approximate surface area is 173 Å². The molecular formula is C21H22N2O6S. The first-order chi connectivity index (χ1) is 14.4. The van der Waals surface area contributed by atoms with E-state index in [9.17, 15) is 18.0 Å². The monoisotopic (exact) mass is 430 g/mol. The van der Waals surface area contributed by atoms with Crippen molar-refractivity contribution in [2.24, 2.45) is 0 Å². The van der Waals surface area contributed by atoms with Gasteiger partial charge in [0.15, 0.2) is 11.4 Å². The number of oxazole rings is 1. The fourth-order valence-corrected chi connectivity index (χ4v) is 5.18. The lowest BCUT2D eigenvalue weighted by Gasteiger charge is -2.25. The molecule has 1 aliphatic heterocycles. The molecule has 158 valence electrons. The topological polar surface area (TPSA) is 98.8 Å². The number of hydrogen-bond donors (Lipinski definition) is 0. The molecule has 2 aromatic carbocycles. The zero-order valence-electron chi connectivity index (χ0n) is 16.5. The smallest absolute Gasteiger partial charge is 0.420 e. The van der Waals surface area contributed by atoms with Crippen molar-refractivity contribution in [2.45, 2.75) is 30.7 Å². The minimum absolute atomic E-state index is 0.0805. The Kier molecular flexibility index (Phi) is 5.48. The highest BCUT2D eigenvalue weighted by Crippen LogP contribution is 2.24. The van der Waals surface area contributed by atoms with Gasteiger partial charge in [-0.3, -0.25) is 9.36 Å². The van der Waals surface area contributed by atoms with Gasteiger partial charge in [0.25, 0.3) is 0 Å². The average Bonchev–Trinajstić information content (AvgIpc) is 3.08. The summed E-state index contributed by atoms with van der Waals surface area (Å²) in [6.07, 6.45) is 2.68. The Bertz CT molecular complexity index is 1250. The molecule has 0 amide bonds. The highest BCUT2D eigenvalue weighted by atomic mass is 32.2. The normalized spacial score (nSPS) is 15.4. The lowest BCUT2D eigenvalue weighted by atomic mass is 10.1. The molecule has 0 saturated carbocycles. The molecular weight excluding hydrogens is 408 g/mol. The maximum atomic E-state index is 12.9. The fourth-order valence-electron chi connectivity index (χ4n) is 3.64. The maximum Gasteiger partial charge on any atom is 0.420 e. The average molecular weight is 430 g/mol. The van der Waals surface area contributed by atoms with E-state index >= 15 is 0 Å². The SMILES string of the molecule is COc1cccc(C(=O)Cn2c(=O)oc3cc(S(=O)(=O)N4CCCCC4)ccc32)c1. The van der Waals surface area contributed by atoms with Crippen LogP contribution in [0.25, 0.3) is 11.1 Å². The Morgan fingerprint density at radius 3 is 2.60 bits per heavy atom. The summed E-state index contributed by atoms with van der Waals surface area (Å²) in [6, 6.07) is 11.0. The summed E-state index contributed by atoms with van der Waals surface area (Å²) in [5, 5.41) is 0. The van der Waals surface area contributed by atoms with Crippen molar-refractivity contribution >= 4 is 26.9 Å². The summed E-state index contributed by atoms with van der Waals surface area (Å²) in [7, 11) is -2.14. The van der Waals surface area contributed by atoms with Crippen LogP contribution >= 0.6 is 0 Å². The molecule has 1 aliphatic rings. The summed E-state index contributed by atoms with van der Waals surface area (Å²) in [4.78, 5) is 25.1. The number of carbonyl (C=O) groups is 1. The molecule has 0 bridgehead atoms. The standard InChI is InChI=1S/C21H22N2O6S/c1-28-16-7-5-6-15(12-16)19(24)14-23-18-9-8-17(13-20(18)29-21(23)25)30(26,27)22-10-3-2-4-11-22/h5-9,12-13H,2-4,10-11,14H2,1H3. The third-order valence-corrected chi connectivity index (χ3v) is 7.18. The number of benzene rings is 2. The quantitative estimate of drug-likeness (QED) is 0.558. The van der Waals surface area contributed by atoms with Crippen LogP contribution in [-0.2, 0) is 16.6 Å². The van der Waals surface area contributed by atoms with Gasteiger partial charge in [0.2, 0.25) is 10.0 Å². The zero-order chi connectivity index (χ0) is 21.3. The minimum atomic E-state index is -3.65. The molecule has 1 fully saturated rings. The van der Waals surface area contributed by atoms with Gasteiger partial charge >= 0.3 is 5.76 Å². The Morgan fingerprint density at radius 2 is 1.87 bits per heavy atom. The lowest BCUT2D eigenvalue weighted by molar-refractivity contribution is 0.0970. The second-order valence-corrected chi connectivity index (χ2v) is 9.14. The van der Waals surface area contributed by atoms with E-state index in [1.165, 1.54) is 34.2 Å². The van der Waals surface area contributed by atoms with Crippen molar-refractivity contribution in [1.29, 1.82) is 0 Å². The summed E-state index contributed by atoms with van der Waals surface area (Å²) >= 11 is 0. The third-order valence-electron chi connectivity index (χ3n) is 5.29. The van der Waals surface area contributed by atoms with Gasteiger partial charge < -0.3 is 9.15 Å². The number of rotatable bonds is 6. The zero-order valence-corrected chi connectivity index (χ0v) is 17.4. The number of carbonyl (C=O) groups excluding carboxylic acids is 1. The van der Waals surface area contributed by atoms with Gasteiger partial charge in [0.1, 0.15) is 5.75 Å². The van der Waals surface area contributed by atoms with E-state index in [4.69, 9.17) is 9.15 Å². The Morgan fingerprint density at radius 1 is 1.10 bits per heavy atom. The summed E-state index contributed by atoms with van der Waals surface area (Å²) in [5.41, 5.74) is 0.908. The highest BCUT2D eigenvalue weighted by Gasteiger charge is 2.27. The number of nitrogens with zero attached hydrogens (tertiary/aromatic N) is 2. The van der Waals surface area contributed by atoms with Crippen LogP contribution in [-0.4, -0.2) is 43.3 Å². The largest absolute Gasteiger partial charge is 0.497 e. The maximum absolute atomic E-state index is 12.9. The molecule has 1 saturated heterocycles. The lowest BCUT2D eigenvalue weighted by Crippen LogP contribution is -2.35. The van der Waals surface area contributed by atoms with E-state index in [2.05, 4.69) is 0 Å². The highest BCUT2D eigenvalue weighted by molar-refractivity contribution is 7.89. The number of hydrogen-bond acceptors (Lipinski definition) is 6. The van der Waals surface area contributed by atoms with Crippen LogP contribution in [0.4, 0.5) is 0 Å². The number of fused-ring (bicyclic) bond motifs is 1. The van der Waals surface area contributed by atoms with Crippen LogP contribution in [0.2, 0.25) is 0 Å². The van der Waals surface area contributed by atoms with Crippen LogP contribution in [0.5, 0.6) is 5.75 Å². The van der Waals surface area contributed by atoms with E-state index in [1.807, 2.05) is 0 Å². The molecule has 30 heavy (non-hydrogen) atoms. The van der Waals surface area contributed by atoms with Crippen molar-refractivity contribution in [3.05, 3.63) is 58.6 Å². The molecule has 0 N–H and O–H groups in total. The van der Waals surface area contributed by atoms with E-state index in [1.54, 1.807) is 24.3 Å². The fraction of sp³-hybridized carbons (Fsp3) is 0.333. The van der Waals surface area contributed by atoms with Gasteiger partial charge in [-0.15, -0.1) is 0 Å². The first-order valence-corrected chi connectivity index (χ1v) is 11.1. The van der Waals surface area contributed by atoms with Gasteiger partial charge in [0, 0.05) is 24.7 Å². The molecule has 8 nitrogen and oxygen atoms in total. The van der Waals surface area contributed by atoms with E-state index < -0.39 is 15.8 Å². The number of piperidine rings is 1. The van der Waals surface area contributed by atoms with Gasteiger partial charge in [-0.05, 0) is 37.1 Å². The van der Waals surface area contributed by atoms with Gasteiger partial charge in [0.05, 0.1) is 24.1 Å². The number of Topliss-reactive ketones (excluding diaryl/α,β-unsaturated/α-hetero) is 1. The van der Waals surface area contributed by atoms with Crippen molar-refractivity contribution in [3.8, 4) is 5.75 Å². The molecule has 0 unspecified atom stereocenters. The molecule has 4 rings (SSSR count). The molecule has 0 aliphatic carbocycles. The molecule has 0 radical (unpaired) electrons. The summed E-state index contributed by atoms with van der Waals surface area (Å²) in [6.45, 7) is 0.748. The number of sulfonamides is 1. The van der Waals surface area contributed by atoms with Crippen molar-refractivity contribution in [2.75, 3.05) is 20.2 Å². The number of methoxy groups -OCH3 is 1. The van der Waals surface area contributed by atoms with Gasteiger partial charge in [-0.1, -0.05) is 18.6 Å². The summed E-state index contributed by atoms with van der Waals surface area (Å²) in [5.74, 6) is -0.463. The summed E-state index contributed by atoms with van der Waals surface area (Å²) < 4.78 is 38.8. The van der Waals surface area contributed by atoms with Crippen molar-refractivity contribution < 1.29 is 22.4 Å². The molecule has 2 heterocycles. The van der Waals surface area contributed by atoms with E-state index in [-0.39, 0.29) is 22.8 Å². The first kappa shape index (κ1) is 20.4. The molecule has 9 heteroatoms. The van der Waals surface area contributed by atoms with Crippen LogP contribution in [0.15, 0.2) is 56.6 Å². The van der Waals surface area contributed by atoms with Crippen molar-refractivity contribution in [1.82, 2.24) is 8.87 Å². The molecule has 0 atom stereocenters. The Hall–Kier alpha value is -2.91. The van der Waals surface area contributed by atoms with Crippen LogP contribution in [0.3, 0.4) is 0 Å². The van der Waals surface area contributed by atoms with E-state index in [0.29, 0.717) is 29.9 Å².